The van der Waals surface area contributed by atoms with Gasteiger partial charge in [0, 0.05) is 6.54 Å². The summed E-state index contributed by atoms with van der Waals surface area (Å²) in [5.41, 5.74) is 5.14. The maximum absolute atomic E-state index is 10.8. The van der Waals surface area contributed by atoms with Gasteiger partial charge in [0.2, 0.25) is 11.0 Å². The minimum absolute atomic E-state index is 0.287. The number of thioether (sulfide) groups is 1. The molecule has 1 heterocycles. The highest BCUT2D eigenvalue weighted by atomic mass is 32.2. The van der Waals surface area contributed by atoms with Crippen LogP contribution in [0, 0.1) is 0 Å². The molecule has 0 aliphatic heterocycles. The van der Waals surface area contributed by atoms with Crippen molar-refractivity contribution in [3.8, 4) is 0 Å². The molecule has 0 aliphatic rings. The van der Waals surface area contributed by atoms with E-state index in [9.17, 15) is 4.79 Å². The zero-order valence-electron chi connectivity index (χ0n) is 8.27. The molecule has 82 valence electrons. The van der Waals surface area contributed by atoms with Crippen molar-refractivity contribution in [2.75, 3.05) is 11.9 Å². The van der Waals surface area contributed by atoms with Gasteiger partial charge in [0.25, 0.3) is 0 Å². The lowest BCUT2D eigenvalue weighted by Crippen LogP contribution is -2.22. The van der Waals surface area contributed by atoms with Gasteiger partial charge in [-0.3, -0.25) is 4.79 Å². The predicted molar refractivity (Wildman–Crippen MR) is 63.1 cm³/mol. The lowest BCUT2D eigenvalue weighted by molar-refractivity contribution is -0.117. The molecule has 1 atom stereocenters. The Morgan fingerprint density at radius 2 is 2.53 bits per heavy atom. The third-order valence-electron chi connectivity index (χ3n) is 1.48. The van der Waals surface area contributed by atoms with Crippen LogP contribution < -0.4 is 11.1 Å². The molecular formula is C8H12N4OS2. The van der Waals surface area contributed by atoms with Crippen molar-refractivity contribution in [2.45, 2.75) is 16.5 Å². The monoisotopic (exact) mass is 244 g/mol. The van der Waals surface area contributed by atoms with E-state index in [1.54, 1.807) is 13.0 Å². The largest absolute Gasteiger partial charge is 0.369 e. The number of anilines is 1. The average molecular weight is 244 g/mol. The Labute approximate surface area is 96.2 Å². The lowest BCUT2D eigenvalue weighted by Gasteiger charge is -2.01. The highest BCUT2D eigenvalue weighted by Gasteiger charge is 2.13. The van der Waals surface area contributed by atoms with Crippen molar-refractivity contribution >= 4 is 34.1 Å². The third-order valence-corrected chi connectivity index (χ3v) is 3.57. The zero-order valence-corrected chi connectivity index (χ0v) is 9.90. The van der Waals surface area contributed by atoms with Gasteiger partial charge in [-0.25, -0.2) is 0 Å². The maximum atomic E-state index is 10.8. The molecule has 0 saturated carbocycles. The normalized spacial score (nSPS) is 12.1. The first kappa shape index (κ1) is 12.0. The molecule has 7 heteroatoms. The molecular weight excluding hydrogens is 232 g/mol. The standard InChI is InChI=1S/C8H12N4OS2/c1-3-4-10-7-11-12-8(15-7)14-5(2)6(9)13/h3,5H,1,4H2,2H3,(H2,9,13)(H,10,11)/t5-/m1/s1. The number of hydrogen-bond acceptors (Lipinski definition) is 6. The Hall–Kier alpha value is -1.08. The van der Waals surface area contributed by atoms with Gasteiger partial charge in [0.05, 0.1) is 5.25 Å². The van der Waals surface area contributed by atoms with E-state index in [4.69, 9.17) is 5.73 Å². The summed E-state index contributed by atoms with van der Waals surface area (Å²) in [5.74, 6) is -0.351. The second-order valence-corrected chi connectivity index (χ2v) is 5.27. The number of aromatic nitrogens is 2. The zero-order chi connectivity index (χ0) is 11.3. The SMILES string of the molecule is C=CCNc1nnc(S[C@H](C)C(N)=O)s1. The highest BCUT2D eigenvalue weighted by molar-refractivity contribution is 8.02. The van der Waals surface area contributed by atoms with E-state index in [-0.39, 0.29) is 11.2 Å². The van der Waals surface area contributed by atoms with Crippen molar-refractivity contribution in [3.05, 3.63) is 12.7 Å². The number of nitrogens with two attached hydrogens (primary N) is 1. The number of nitrogens with one attached hydrogen (secondary N) is 1. The number of carbonyl (C=O) groups is 1. The molecule has 0 fully saturated rings. The highest BCUT2D eigenvalue weighted by Crippen LogP contribution is 2.28. The van der Waals surface area contributed by atoms with Gasteiger partial charge in [0.1, 0.15) is 0 Å². The second-order valence-electron chi connectivity index (χ2n) is 2.71. The number of nitrogens with zero attached hydrogens (tertiary/aromatic N) is 2. The van der Waals surface area contributed by atoms with Crippen LogP contribution in [0.25, 0.3) is 0 Å². The van der Waals surface area contributed by atoms with Crippen LogP contribution in [0.1, 0.15) is 6.92 Å². The smallest absolute Gasteiger partial charge is 0.230 e. The van der Waals surface area contributed by atoms with E-state index in [1.807, 2.05) is 0 Å². The van der Waals surface area contributed by atoms with Crippen LogP contribution in [0.4, 0.5) is 5.13 Å². The summed E-state index contributed by atoms with van der Waals surface area (Å²) in [6, 6.07) is 0. The molecule has 0 aromatic carbocycles. The molecule has 1 aromatic rings. The number of carbonyl (C=O) groups excluding carboxylic acids is 1. The Morgan fingerprint density at radius 1 is 1.80 bits per heavy atom. The fraction of sp³-hybridized carbons (Fsp3) is 0.375. The molecule has 0 unspecified atom stereocenters. The third kappa shape index (κ3) is 3.88. The minimum Gasteiger partial charge on any atom is -0.369 e. The Kier molecular flexibility index (Phi) is 4.57. The number of amides is 1. The topological polar surface area (TPSA) is 80.9 Å². The molecule has 0 spiro atoms. The molecule has 1 aromatic heterocycles. The van der Waals surface area contributed by atoms with Crippen LogP contribution >= 0.6 is 23.1 Å². The van der Waals surface area contributed by atoms with Gasteiger partial charge < -0.3 is 11.1 Å². The summed E-state index contributed by atoms with van der Waals surface area (Å²) >= 11 is 2.70. The van der Waals surface area contributed by atoms with Gasteiger partial charge in [-0.1, -0.05) is 29.2 Å². The van der Waals surface area contributed by atoms with Crippen molar-refractivity contribution in [1.29, 1.82) is 0 Å². The predicted octanol–water partition coefficient (Wildman–Crippen LogP) is 1.10. The van der Waals surface area contributed by atoms with Crippen molar-refractivity contribution in [3.63, 3.8) is 0 Å². The minimum atomic E-state index is -0.351. The summed E-state index contributed by atoms with van der Waals surface area (Å²) < 4.78 is 0.730. The summed E-state index contributed by atoms with van der Waals surface area (Å²) in [6.07, 6.45) is 1.74. The summed E-state index contributed by atoms with van der Waals surface area (Å²) in [4.78, 5) is 10.8. The van der Waals surface area contributed by atoms with E-state index in [1.165, 1.54) is 23.1 Å². The van der Waals surface area contributed by atoms with Crippen LogP contribution in [-0.4, -0.2) is 27.9 Å². The lowest BCUT2D eigenvalue weighted by atomic mass is 10.5. The Morgan fingerprint density at radius 3 is 3.13 bits per heavy atom. The fourth-order valence-corrected chi connectivity index (χ4v) is 2.55. The van der Waals surface area contributed by atoms with Gasteiger partial charge in [0.15, 0.2) is 4.34 Å². The summed E-state index contributed by atoms with van der Waals surface area (Å²) in [6.45, 7) is 5.97. The van der Waals surface area contributed by atoms with Crippen molar-refractivity contribution < 1.29 is 4.79 Å². The van der Waals surface area contributed by atoms with Crippen LogP contribution in [0.3, 0.4) is 0 Å². The van der Waals surface area contributed by atoms with Crippen LogP contribution in [0.5, 0.6) is 0 Å². The summed E-state index contributed by atoms with van der Waals surface area (Å²) in [7, 11) is 0. The number of hydrogen-bond donors (Lipinski definition) is 2. The summed E-state index contributed by atoms with van der Waals surface area (Å²) in [5, 5.41) is 11.3. The fourth-order valence-electron chi connectivity index (χ4n) is 0.698. The van der Waals surface area contributed by atoms with Crippen LogP contribution in [0.2, 0.25) is 0 Å². The molecule has 0 bridgehead atoms. The molecule has 0 aliphatic carbocycles. The number of primary amides is 1. The van der Waals surface area contributed by atoms with Crippen molar-refractivity contribution in [2.24, 2.45) is 5.73 Å². The van der Waals surface area contributed by atoms with E-state index in [2.05, 4.69) is 22.1 Å². The first-order chi connectivity index (χ1) is 7.13. The van der Waals surface area contributed by atoms with Crippen LogP contribution in [0.15, 0.2) is 17.0 Å². The molecule has 0 radical (unpaired) electrons. The molecule has 1 amide bonds. The van der Waals surface area contributed by atoms with E-state index < -0.39 is 0 Å². The van der Waals surface area contributed by atoms with E-state index in [0.29, 0.717) is 11.7 Å². The quantitative estimate of drug-likeness (QED) is 0.578. The maximum Gasteiger partial charge on any atom is 0.230 e. The van der Waals surface area contributed by atoms with E-state index in [0.717, 1.165) is 4.34 Å². The molecule has 0 saturated heterocycles. The van der Waals surface area contributed by atoms with Gasteiger partial charge in [-0.15, -0.1) is 16.8 Å². The first-order valence-electron chi connectivity index (χ1n) is 4.27. The Balaban J connectivity index is 2.52. The molecule has 15 heavy (non-hydrogen) atoms. The van der Waals surface area contributed by atoms with Crippen molar-refractivity contribution in [1.82, 2.24) is 10.2 Å². The molecule has 3 N–H and O–H groups in total. The van der Waals surface area contributed by atoms with Gasteiger partial charge in [-0.05, 0) is 6.92 Å². The second kappa shape index (κ2) is 5.72. The van der Waals surface area contributed by atoms with Crippen LogP contribution in [-0.2, 0) is 4.79 Å². The molecule has 5 nitrogen and oxygen atoms in total. The first-order valence-corrected chi connectivity index (χ1v) is 5.97. The van der Waals surface area contributed by atoms with Gasteiger partial charge in [-0.2, -0.15) is 0 Å². The van der Waals surface area contributed by atoms with Gasteiger partial charge >= 0.3 is 0 Å². The number of rotatable bonds is 6. The Bertz CT molecular complexity index is 352. The molecule has 1 rings (SSSR count). The van der Waals surface area contributed by atoms with E-state index >= 15 is 0 Å². The average Bonchev–Trinajstić information content (AvgIpc) is 2.62.